The fourth-order valence-corrected chi connectivity index (χ4v) is 5.16. The highest BCUT2D eigenvalue weighted by Gasteiger charge is 2.67. The second kappa shape index (κ2) is 8.10. The Balaban J connectivity index is 2.04. The number of nitriles is 1. The number of carbonyl (C=O) groups is 2. The third kappa shape index (κ3) is 3.27. The van der Waals surface area contributed by atoms with Crippen LogP contribution >= 0.6 is 0 Å². The van der Waals surface area contributed by atoms with Crippen molar-refractivity contribution in [1.29, 1.82) is 5.26 Å². The molecule has 34 heavy (non-hydrogen) atoms. The van der Waals surface area contributed by atoms with E-state index in [1.54, 1.807) is 26.8 Å². The van der Waals surface area contributed by atoms with Crippen LogP contribution in [0.3, 0.4) is 0 Å². The summed E-state index contributed by atoms with van der Waals surface area (Å²) in [5, 5.41) is 21.8. The van der Waals surface area contributed by atoms with Crippen molar-refractivity contribution >= 4 is 29.2 Å². The minimum absolute atomic E-state index is 0.121. The number of hydrogen-bond acceptors (Lipinski definition) is 7. The fraction of sp³-hybridized carbons (Fsp3) is 0.346. The molecule has 4 atom stereocenters. The fourth-order valence-electron chi connectivity index (χ4n) is 5.16. The van der Waals surface area contributed by atoms with Crippen LogP contribution in [0.5, 0.6) is 0 Å². The Morgan fingerprint density at radius 1 is 1.15 bits per heavy atom. The summed E-state index contributed by atoms with van der Waals surface area (Å²) in [5.41, 5.74) is -0.562. The Hall–Kier alpha value is -3.99. The molecular formula is C26H25N3O5. The standard InChI is InChI=1S/C26H25N3O5/c1-25(2,3)23(30)22-21(17-9-12-18(13-10-17)29(32)33)26(15-27,24(31)34-4)20-14-11-16-7-5-6-8-19(16)28(20)22/h5-14,20-22H,1-4H3/t20-,21-,22+,26-/m0/s1. The number of para-hydroxylation sites is 1. The van der Waals surface area contributed by atoms with Crippen molar-refractivity contribution in [3.8, 4) is 6.07 Å². The lowest BCUT2D eigenvalue weighted by molar-refractivity contribution is -0.384. The smallest absolute Gasteiger partial charge is 0.329 e. The molecule has 0 bridgehead atoms. The van der Waals surface area contributed by atoms with E-state index in [0.717, 1.165) is 11.3 Å². The van der Waals surface area contributed by atoms with Gasteiger partial charge in [-0.15, -0.1) is 0 Å². The van der Waals surface area contributed by atoms with Gasteiger partial charge in [0.05, 0.1) is 30.2 Å². The van der Waals surface area contributed by atoms with Crippen LogP contribution in [0.1, 0.15) is 37.8 Å². The Morgan fingerprint density at radius 3 is 2.35 bits per heavy atom. The molecule has 2 aliphatic rings. The number of ketones is 1. The molecule has 174 valence electrons. The highest BCUT2D eigenvalue weighted by atomic mass is 16.6. The average Bonchev–Trinajstić information content (AvgIpc) is 3.13. The largest absolute Gasteiger partial charge is 0.468 e. The Labute approximate surface area is 197 Å². The first-order valence-electron chi connectivity index (χ1n) is 10.9. The monoisotopic (exact) mass is 459 g/mol. The number of anilines is 1. The first-order valence-corrected chi connectivity index (χ1v) is 10.9. The number of esters is 1. The topological polar surface area (TPSA) is 114 Å². The van der Waals surface area contributed by atoms with Gasteiger partial charge in [0.2, 0.25) is 0 Å². The van der Waals surface area contributed by atoms with E-state index in [-0.39, 0.29) is 11.5 Å². The normalized spacial score (nSPS) is 25.1. The van der Waals surface area contributed by atoms with Crippen LogP contribution in [0, 0.1) is 32.3 Å². The molecule has 0 amide bonds. The number of carbonyl (C=O) groups excluding carboxylic acids is 2. The van der Waals surface area contributed by atoms with Gasteiger partial charge in [-0.3, -0.25) is 19.7 Å². The van der Waals surface area contributed by atoms with E-state index in [9.17, 15) is 25.0 Å². The van der Waals surface area contributed by atoms with E-state index < -0.39 is 39.7 Å². The summed E-state index contributed by atoms with van der Waals surface area (Å²) in [4.78, 5) is 39.9. The predicted molar refractivity (Wildman–Crippen MR) is 126 cm³/mol. The van der Waals surface area contributed by atoms with E-state index in [1.807, 2.05) is 35.2 Å². The number of benzene rings is 2. The molecule has 8 heteroatoms. The minimum atomic E-state index is -1.75. The van der Waals surface area contributed by atoms with Gasteiger partial charge in [-0.05, 0) is 17.2 Å². The average molecular weight is 460 g/mol. The second-order valence-electron chi connectivity index (χ2n) is 9.63. The van der Waals surface area contributed by atoms with Gasteiger partial charge >= 0.3 is 5.97 Å². The molecule has 0 unspecified atom stereocenters. The van der Waals surface area contributed by atoms with Gasteiger partial charge < -0.3 is 9.64 Å². The molecule has 2 aromatic carbocycles. The molecule has 0 aliphatic carbocycles. The van der Waals surface area contributed by atoms with Gasteiger partial charge in [-0.25, -0.2) is 0 Å². The van der Waals surface area contributed by atoms with Crippen LogP contribution in [-0.4, -0.2) is 35.9 Å². The molecule has 2 aromatic rings. The van der Waals surface area contributed by atoms with Crippen LogP contribution in [0.4, 0.5) is 11.4 Å². The molecule has 0 radical (unpaired) electrons. The number of Topliss-reactive ketones (excluding diaryl/α,β-unsaturated/α-hetero) is 1. The lowest BCUT2D eigenvalue weighted by Gasteiger charge is -2.37. The number of hydrogen-bond donors (Lipinski definition) is 0. The summed E-state index contributed by atoms with van der Waals surface area (Å²) < 4.78 is 5.15. The molecular weight excluding hydrogens is 434 g/mol. The summed E-state index contributed by atoms with van der Waals surface area (Å²) in [6, 6.07) is 13.8. The molecule has 2 heterocycles. The quantitative estimate of drug-likeness (QED) is 0.381. The minimum Gasteiger partial charge on any atom is -0.468 e. The highest BCUT2D eigenvalue weighted by Crippen LogP contribution is 2.57. The number of fused-ring (bicyclic) bond motifs is 3. The number of nitro benzene ring substituents is 1. The van der Waals surface area contributed by atoms with Crippen molar-refractivity contribution in [1.82, 2.24) is 0 Å². The Bertz CT molecular complexity index is 1240. The number of nitro groups is 1. The zero-order chi connectivity index (χ0) is 24.8. The van der Waals surface area contributed by atoms with Gasteiger partial charge in [-0.2, -0.15) is 5.26 Å². The molecule has 1 fully saturated rings. The number of non-ortho nitro benzene ring substituents is 1. The molecule has 0 saturated carbocycles. The summed E-state index contributed by atoms with van der Waals surface area (Å²) >= 11 is 0. The van der Waals surface area contributed by atoms with Gasteiger partial charge in [-0.1, -0.05) is 63.3 Å². The maximum Gasteiger partial charge on any atom is 0.329 e. The van der Waals surface area contributed by atoms with Crippen molar-refractivity contribution in [2.24, 2.45) is 10.8 Å². The zero-order valence-corrected chi connectivity index (χ0v) is 19.4. The summed E-state index contributed by atoms with van der Waals surface area (Å²) in [6.07, 6.45) is 3.62. The van der Waals surface area contributed by atoms with Crippen LogP contribution in [0.15, 0.2) is 54.6 Å². The van der Waals surface area contributed by atoms with Gasteiger partial charge in [0.25, 0.3) is 5.69 Å². The van der Waals surface area contributed by atoms with Gasteiger partial charge in [0.15, 0.2) is 11.2 Å². The number of ether oxygens (including phenoxy) is 1. The number of nitrogens with zero attached hydrogens (tertiary/aromatic N) is 3. The van der Waals surface area contributed by atoms with Crippen LogP contribution in [0.2, 0.25) is 0 Å². The maximum absolute atomic E-state index is 14.0. The summed E-state index contributed by atoms with van der Waals surface area (Å²) in [6.45, 7) is 5.40. The highest BCUT2D eigenvalue weighted by molar-refractivity contribution is 5.99. The maximum atomic E-state index is 14.0. The number of methoxy groups -OCH3 is 1. The van der Waals surface area contributed by atoms with Crippen molar-refractivity contribution < 1.29 is 19.2 Å². The molecule has 0 spiro atoms. The number of rotatable bonds is 4. The second-order valence-corrected chi connectivity index (χ2v) is 9.63. The van der Waals surface area contributed by atoms with Gasteiger partial charge in [0.1, 0.15) is 0 Å². The van der Waals surface area contributed by atoms with Gasteiger partial charge in [0, 0.05) is 29.2 Å². The molecule has 4 rings (SSSR count). The molecule has 0 aromatic heterocycles. The Kier molecular flexibility index (Phi) is 5.52. The lowest BCUT2D eigenvalue weighted by Crippen LogP contribution is -2.48. The van der Waals surface area contributed by atoms with E-state index in [1.165, 1.54) is 31.4 Å². The van der Waals surface area contributed by atoms with Crippen molar-refractivity contribution in [2.45, 2.75) is 38.8 Å². The lowest BCUT2D eigenvalue weighted by atomic mass is 9.67. The molecule has 0 N–H and O–H groups in total. The van der Waals surface area contributed by atoms with Crippen LogP contribution in [-0.2, 0) is 14.3 Å². The summed E-state index contributed by atoms with van der Waals surface area (Å²) in [5.74, 6) is -1.81. The molecule has 8 nitrogen and oxygen atoms in total. The first kappa shape index (κ1) is 23.2. The third-order valence-corrected chi connectivity index (χ3v) is 6.72. The van der Waals surface area contributed by atoms with Crippen LogP contribution < -0.4 is 4.90 Å². The Morgan fingerprint density at radius 2 is 1.79 bits per heavy atom. The molecule has 2 aliphatic heterocycles. The third-order valence-electron chi connectivity index (χ3n) is 6.72. The van der Waals surface area contributed by atoms with Crippen molar-refractivity contribution in [2.75, 3.05) is 12.0 Å². The van der Waals surface area contributed by atoms with E-state index in [2.05, 4.69) is 6.07 Å². The predicted octanol–water partition coefficient (Wildman–Crippen LogP) is 4.26. The van der Waals surface area contributed by atoms with Crippen LogP contribution in [0.25, 0.3) is 6.08 Å². The summed E-state index contributed by atoms with van der Waals surface area (Å²) in [7, 11) is 1.22. The van der Waals surface area contributed by atoms with E-state index in [0.29, 0.717) is 5.56 Å². The zero-order valence-electron chi connectivity index (χ0n) is 19.4. The van der Waals surface area contributed by atoms with Crippen molar-refractivity contribution in [3.05, 3.63) is 75.8 Å². The first-order chi connectivity index (χ1) is 16.1. The SMILES string of the molecule is COC(=O)[C@@]1(C#N)[C@@H]2C=Cc3ccccc3N2[C@@H](C(=O)C(C)(C)C)[C@@H]1c1ccc([N+](=O)[O-])cc1. The van der Waals surface area contributed by atoms with E-state index in [4.69, 9.17) is 4.74 Å². The molecule has 1 saturated heterocycles. The van der Waals surface area contributed by atoms with Crippen molar-refractivity contribution in [3.63, 3.8) is 0 Å². The van der Waals surface area contributed by atoms with E-state index >= 15 is 0 Å².